The second-order valence-electron chi connectivity index (χ2n) is 8.43. The Morgan fingerprint density at radius 2 is 1.94 bits per heavy atom. The number of aliphatic hydroxyl groups excluding tert-OH is 1. The first-order valence-electron chi connectivity index (χ1n) is 11.3. The van der Waals surface area contributed by atoms with Crippen molar-refractivity contribution in [2.24, 2.45) is 0 Å². The van der Waals surface area contributed by atoms with Crippen LogP contribution in [0.4, 0.5) is 0 Å². The van der Waals surface area contributed by atoms with Crippen molar-refractivity contribution in [1.82, 2.24) is 14.7 Å². The second-order valence-corrected chi connectivity index (χ2v) is 8.43. The van der Waals surface area contributed by atoms with Crippen LogP contribution in [0, 0.1) is 13.8 Å². The number of aryl methyl sites for hydroxylation is 3. The molecule has 31 heavy (non-hydrogen) atoms. The van der Waals surface area contributed by atoms with Crippen LogP contribution < -0.4 is 4.74 Å². The number of ether oxygens (including phenoxy) is 1. The molecule has 2 aromatic carbocycles. The number of aromatic nitrogens is 2. The van der Waals surface area contributed by atoms with Crippen molar-refractivity contribution in [3.8, 4) is 5.75 Å². The molecule has 0 spiro atoms. The summed E-state index contributed by atoms with van der Waals surface area (Å²) in [6.45, 7) is 10.5. The molecule has 1 N–H and O–H groups in total. The van der Waals surface area contributed by atoms with Gasteiger partial charge in [0, 0.05) is 43.0 Å². The van der Waals surface area contributed by atoms with E-state index < -0.39 is 6.10 Å². The Morgan fingerprint density at radius 3 is 2.68 bits per heavy atom. The highest BCUT2D eigenvalue weighted by Crippen LogP contribution is 2.29. The molecule has 0 bridgehead atoms. The van der Waals surface area contributed by atoms with Crippen LogP contribution in [0.3, 0.4) is 0 Å². The number of fused-ring (bicyclic) bond motifs is 1. The molecule has 0 aliphatic carbocycles. The summed E-state index contributed by atoms with van der Waals surface area (Å²) in [5.74, 6) is 0.930. The molecule has 2 heterocycles. The molecule has 0 fully saturated rings. The van der Waals surface area contributed by atoms with Gasteiger partial charge in [-0.05, 0) is 56.9 Å². The number of aliphatic hydroxyl groups is 1. The quantitative estimate of drug-likeness (QED) is 0.609. The van der Waals surface area contributed by atoms with Crippen LogP contribution in [-0.2, 0) is 26.1 Å². The first-order chi connectivity index (χ1) is 15.0. The van der Waals surface area contributed by atoms with Crippen molar-refractivity contribution in [3.05, 3.63) is 82.2 Å². The van der Waals surface area contributed by atoms with Gasteiger partial charge in [0.15, 0.2) is 0 Å². The van der Waals surface area contributed by atoms with Gasteiger partial charge in [-0.1, -0.05) is 36.4 Å². The molecule has 1 aromatic heterocycles. The number of hydrogen-bond donors (Lipinski definition) is 1. The maximum Gasteiger partial charge on any atom is 0.123 e. The highest BCUT2D eigenvalue weighted by atomic mass is 16.5. The minimum atomic E-state index is -0.477. The zero-order valence-electron chi connectivity index (χ0n) is 18.8. The summed E-state index contributed by atoms with van der Waals surface area (Å²) in [6, 6.07) is 16.5. The highest BCUT2D eigenvalue weighted by molar-refractivity contribution is 5.39. The Hall–Kier alpha value is -2.63. The third kappa shape index (κ3) is 5.00. The van der Waals surface area contributed by atoms with E-state index in [0.717, 1.165) is 55.2 Å². The summed E-state index contributed by atoms with van der Waals surface area (Å²) in [5.41, 5.74) is 7.03. The lowest BCUT2D eigenvalue weighted by Gasteiger charge is -2.20. The predicted octanol–water partition coefficient (Wildman–Crippen LogP) is 4.58. The predicted molar refractivity (Wildman–Crippen MR) is 123 cm³/mol. The van der Waals surface area contributed by atoms with E-state index in [-0.39, 0.29) is 0 Å². The van der Waals surface area contributed by atoms with Crippen LogP contribution in [0.15, 0.2) is 48.5 Å². The molecule has 0 amide bonds. The molecule has 0 unspecified atom stereocenters. The topological polar surface area (TPSA) is 50.5 Å². The van der Waals surface area contributed by atoms with Crippen LogP contribution in [0.5, 0.6) is 5.75 Å². The molecule has 4 rings (SSSR count). The van der Waals surface area contributed by atoms with Gasteiger partial charge in [0.2, 0.25) is 0 Å². The van der Waals surface area contributed by atoms with Crippen molar-refractivity contribution >= 4 is 0 Å². The summed E-state index contributed by atoms with van der Waals surface area (Å²) in [5, 5.41) is 15.5. The molecule has 1 aliphatic rings. The molecule has 5 heteroatoms. The molecular formula is C26H33N3O2. The first-order valence-corrected chi connectivity index (χ1v) is 11.3. The summed E-state index contributed by atoms with van der Waals surface area (Å²) in [6.07, 6.45) is 1.10. The fourth-order valence-corrected chi connectivity index (χ4v) is 4.42. The fraction of sp³-hybridized carbons (Fsp3) is 0.423. The van der Waals surface area contributed by atoms with E-state index in [1.165, 1.54) is 16.8 Å². The lowest BCUT2D eigenvalue weighted by atomic mass is 9.99. The van der Waals surface area contributed by atoms with E-state index in [2.05, 4.69) is 53.7 Å². The first kappa shape index (κ1) is 21.6. The Kier molecular flexibility index (Phi) is 6.73. The van der Waals surface area contributed by atoms with E-state index in [9.17, 15) is 5.11 Å². The van der Waals surface area contributed by atoms with Crippen LogP contribution >= 0.6 is 0 Å². The van der Waals surface area contributed by atoms with Crippen molar-refractivity contribution in [1.29, 1.82) is 0 Å². The summed E-state index contributed by atoms with van der Waals surface area (Å²) in [7, 11) is 0. The Morgan fingerprint density at radius 1 is 1.13 bits per heavy atom. The number of hydrogen-bond acceptors (Lipinski definition) is 4. The minimum Gasteiger partial charge on any atom is -0.492 e. The van der Waals surface area contributed by atoms with E-state index >= 15 is 0 Å². The second kappa shape index (κ2) is 9.67. The lowest BCUT2D eigenvalue weighted by Crippen LogP contribution is -2.25. The van der Waals surface area contributed by atoms with Crippen molar-refractivity contribution < 1.29 is 9.84 Å². The van der Waals surface area contributed by atoms with Crippen LogP contribution in [0.1, 0.15) is 53.1 Å². The SMILES string of the molecule is CCn1nc(C)c(CN2CCOc3ccc([C@H](O)CCc4ccccc4)cc3C2)c1C. The molecule has 164 valence electrons. The van der Waals surface area contributed by atoms with Gasteiger partial charge >= 0.3 is 0 Å². The standard InChI is InChI=1S/C26H33N3O2/c1-4-29-20(3)24(19(2)27-29)18-28-14-15-31-26-13-11-22(16-23(26)17-28)25(30)12-10-21-8-6-5-7-9-21/h5-9,11,13,16,25,30H,4,10,12,14-15,17-18H2,1-3H3/t25-/m1/s1. The van der Waals surface area contributed by atoms with Crippen molar-refractivity contribution in [2.75, 3.05) is 13.2 Å². The van der Waals surface area contributed by atoms with Gasteiger partial charge < -0.3 is 9.84 Å². The Balaban J connectivity index is 1.47. The third-order valence-electron chi connectivity index (χ3n) is 6.29. The molecular weight excluding hydrogens is 386 g/mol. The van der Waals surface area contributed by atoms with E-state index in [4.69, 9.17) is 4.74 Å². The van der Waals surface area contributed by atoms with Gasteiger partial charge in [0.05, 0.1) is 11.8 Å². The summed E-state index contributed by atoms with van der Waals surface area (Å²) >= 11 is 0. The zero-order valence-corrected chi connectivity index (χ0v) is 18.8. The molecule has 0 saturated heterocycles. The number of benzene rings is 2. The van der Waals surface area contributed by atoms with E-state index in [0.29, 0.717) is 13.0 Å². The van der Waals surface area contributed by atoms with Crippen LogP contribution in [0.2, 0.25) is 0 Å². The summed E-state index contributed by atoms with van der Waals surface area (Å²) < 4.78 is 8.10. The largest absolute Gasteiger partial charge is 0.492 e. The Bertz CT molecular complexity index is 1010. The van der Waals surface area contributed by atoms with Crippen molar-refractivity contribution in [2.45, 2.75) is 59.4 Å². The Labute approximate surface area is 185 Å². The van der Waals surface area contributed by atoms with Crippen LogP contribution in [-0.4, -0.2) is 32.9 Å². The highest BCUT2D eigenvalue weighted by Gasteiger charge is 2.20. The lowest BCUT2D eigenvalue weighted by molar-refractivity contribution is 0.167. The number of rotatable bonds is 7. The maximum atomic E-state index is 10.8. The van der Waals surface area contributed by atoms with E-state index in [1.54, 1.807) is 0 Å². The van der Waals surface area contributed by atoms with Crippen LogP contribution in [0.25, 0.3) is 0 Å². The van der Waals surface area contributed by atoms with E-state index in [1.807, 2.05) is 30.3 Å². The van der Waals surface area contributed by atoms with Gasteiger partial charge in [-0.15, -0.1) is 0 Å². The van der Waals surface area contributed by atoms with Gasteiger partial charge in [0.25, 0.3) is 0 Å². The maximum absolute atomic E-state index is 10.8. The molecule has 0 radical (unpaired) electrons. The molecule has 3 aromatic rings. The molecule has 5 nitrogen and oxygen atoms in total. The van der Waals surface area contributed by atoms with Gasteiger partial charge in [0.1, 0.15) is 12.4 Å². The normalized spacial score (nSPS) is 15.2. The average Bonchev–Trinajstić information content (AvgIpc) is 2.94. The number of nitrogens with zero attached hydrogens (tertiary/aromatic N) is 3. The van der Waals surface area contributed by atoms with Gasteiger partial charge in [-0.3, -0.25) is 9.58 Å². The zero-order chi connectivity index (χ0) is 21.8. The smallest absolute Gasteiger partial charge is 0.123 e. The minimum absolute atomic E-state index is 0.477. The fourth-order valence-electron chi connectivity index (χ4n) is 4.42. The van der Waals surface area contributed by atoms with Gasteiger partial charge in [-0.2, -0.15) is 5.10 Å². The monoisotopic (exact) mass is 419 g/mol. The summed E-state index contributed by atoms with van der Waals surface area (Å²) in [4.78, 5) is 2.42. The third-order valence-corrected chi connectivity index (χ3v) is 6.29. The molecule has 1 aliphatic heterocycles. The average molecular weight is 420 g/mol. The molecule has 0 saturated carbocycles. The van der Waals surface area contributed by atoms with Crippen molar-refractivity contribution in [3.63, 3.8) is 0 Å². The van der Waals surface area contributed by atoms with Gasteiger partial charge in [-0.25, -0.2) is 0 Å². The molecule has 1 atom stereocenters.